The van der Waals surface area contributed by atoms with Crippen molar-refractivity contribution in [3.63, 3.8) is 0 Å². The summed E-state index contributed by atoms with van der Waals surface area (Å²) in [5.41, 5.74) is 2.70. The van der Waals surface area contributed by atoms with Gasteiger partial charge in [0.05, 0.1) is 26.3 Å². The van der Waals surface area contributed by atoms with Crippen molar-refractivity contribution in [2.45, 2.75) is 6.42 Å². The van der Waals surface area contributed by atoms with Crippen LogP contribution in [0, 0.1) is 0 Å². The van der Waals surface area contributed by atoms with Crippen molar-refractivity contribution in [2.75, 3.05) is 14.2 Å². The molecular weight excluding hydrogens is 398 g/mol. The second-order valence-corrected chi connectivity index (χ2v) is 7.27. The molecule has 0 spiro atoms. The molecule has 0 bridgehead atoms. The zero-order chi connectivity index (χ0) is 19.5. The quantitative estimate of drug-likeness (QED) is 0.437. The summed E-state index contributed by atoms with van der Waals surface area (Å²) in [5.74, 6) is 2.25. The highest BCUT2D eigenvalue weighted by Crippen LogP contribution is 2.31. The van der Waals surface area contributed by atoms with Gasteiger partial charge in [-0.1, -0.05) is 28.9 Å². The van der Waals surface area contributed by atoms with E-state index in [9.17, 15) is 0 Å². The van der Waals surface area contributed by atoms with Crippen molar-refractivity contribution in [3.8, 4) is 34.1 Å². The Labute approximate surface area is 170 Å². The average molecular weight is 414 g/mol. The number of methoxy groups -OCH3 is 2. The number of aromatic nitrogens is 3. The van der Waals surface area contributed by atoms with Crippen LogP contribution >= 0.6 is 22.9 Å². The lowest BCUT2D eigenvalue weighted by molar-refractivity contribution is 0.355. The van der Waals surface area contributed by atoms with Gasteiger partial charge in [0, 0.05) is 21.5 Å². The molecule has 2 heterocycles. The predicted octanol–water partition coefficient (Wildman–Crippen LogP) is 5.12. The maximum absolute atomic E-state index is 5.94. The Kier molecular flexibility index (Phi) is 5.27. The van der Waals surface area contributed by atoms with Gasteiger partial charge >= 0.3 is 0 Å². The molecule has 0 fully saturated rings. The average Bonchev–Trinajstić information content (AvgIpc) is 3.38. The van der Waals surface area contributed by atoms with Gasteiger partial charge in [-0.15, -0.1) is 11.3 Å². The monoisotopic (exact) mass is 413 g/mol. The summed E-state index contributed by atoms with van der Waals surface area (Å²) in [4.78, 5) is 9.12. The van der Waals surface area contributed by atoms with Crippen molar-refractivity contribution in [3.05, 3.63) is 63.8 Å². The molecule has 2 aromatic heterocycles. The molecule has 6 nitrogen and oxygen atoms in total. The van der Waals surface area contributed by atoms with Crippen LogP contribution in [0.1, 0.15) is 10.9 Å². The number of ether oxygens (including phenoxy) is 2. The molecule has 142 valence electrons. The molecule has 0 N–H and O–H groups in total. The fourth-order valence-electron chi connectivity index (χ4n) is 2.69. The second-order valence-electron chi connectivity index (χ2n) is 5.89. The standard InChI is InChI=1S/C20H16ClN3O3S/c1-25-16-8-5-13(9-17(16)26-2)20-23-18(27-24-20)10-19-22-15(11-28-19)12-3-6-14(21)7-4-12/h3-9,11H,10H2,1-2H3. The molecule has 0 aliphatic carbocycles. The molecule has 0 saturated carbocycles. The van der Waals surface area contributed by atoms with Crippen LogP contribution in [0.2, 0.25) is 5.02 Å². The van der Waals surface area contributed by atoms with Crippen molar-refractivity contribution < 1.29 is 14.0 Å². The summed E-state index contributed by atoms with van der Waals surface area (Å²) < 4.78 is 16.0. The first kappa shape index (κ1) is 18.5. The molecule has 2 aromatic carbocycles. The summed E-state index contributed by atoms with van der Waals surface area (Å²) in [6.45, 7) is 0. The lowest BCUT2D eigenvalue weighted by Gasteiger charge is -2.07. The van der Waals surface area contributed by atoms with Gasteiger partial charge in [-0.3, -0.25) is 0 Å². The molecule has 0 saturated heterocycles. The zero-order valence-corrected chi connectivity index (χ0v) is 16.8. The van der Waals surface area contributed by atoms with Gasteiger partial charge in [-0.05, 0) is 30.3 Å². The maximum atomic E-state index is 5.94. The first-order valence-corrected chi connectivity index (χ1v) is 9.67. The summed E-state index contributed by atoms with van der Waals surface area (Å²) in [7, 11) is 3.18. The number of hydrogen-bond donors (Lipinski definition) is 0. The molecule has 4 aromatic rings. The minimum atomic E-state index is 0.471. The summed E-state index contributed by atoms with van der Waals surface area (Å²) in [5, 5.41) is 7.67. The predicted molar refractivity (Wildman–Crippen MR) is 108 cm³/mol. The number of halogens is 1. The number of benzene rings is 2. The van der Waals surface area contributed by atoms with Crippen molar-refractivity contribution in [1.29, 1.82) is 0 Å². The van der Waals surface area contributed by atoms with E-state index >= 15 is 0 Å². The fourth-order valence-corrected chi connectivity index (χ4v) is 3.61. The third-order valence-electron chi connectivity index (χ3n) is 4.10. The molecule has 0 unspecified atom stereocenters. The van der Waals surface area contributed by atoms with E-state index in [1.54, 1.807) is 25.6 Å². The Bertz CT molecular complexity index is 1090. The topological polar surface area (TPSA) is 70.3 Å². The van der Waals surface area contributed by atoms with Crippen LogP contribution in [0.5, 0.6) is 11.5 Å². The maximum Gasteiger partial charge on any atom is 0.233 e. The van der Waals surface area contributed by atoms with Crippen LogP contribution < -0.4 is 9.47 Å². The van der Waals surface area contributed by atoms with Crippen LogP contribution in [-0.2, 0) is 6.42 Å². The van der Waals surface area contributed by atoms with Gasteiger partial charge in [-0.2, -0.15) is 4.98 Å². The van der Waals surface area contributed by atoms with Crippen LogP contribution in [0.3, 0.4) is 0 Å². The normalized spacial score (nSPS) is 10.8. The van der Waals surface area contributed by atoms with Crippen LogP contribution in [-0.4, -0.2) is 29.3 Å². The molecule has 0 aliphatic heterocycles. The van der Waals surface area contributed by atoms with Gasteiger partial charge in [0.1, 0.15) is 5.01 Å². The van der Waals surface area contributed by atoms with Gasteiger partial charge in [0.2, 0.25) is 11.7 Å². The van der Waals surface area contributed by atoms with E-state index in [0.717, 1.165) is 21.8 Å². The van der Waals surface area contributed by atoms with Crippen molar-refractivity contribution in [1.82, 2.24) is 15.1 Å². The summed E-state index contributed by atoms with van der Waals surface area (Å²) >= 11 is 7.49. The van der Waals surface area contributed by atoms with Gasteiger partial charge in [0.15, 0.2) is 11.5 Å². The Balaban J connectivity index is 1.52. The SMILES string of the molecule is COc1ccc(-c2noc(Cc3nc(-c4ccc(Cl)cc4)cs3)n2)cc1OC. The van der Waals surface area contributed by atoms with Gasteiger partial charge in [-0.25, -0.2) is 4.98 Å². The third-order valence-corrected chi connectivity index (χ3v) is 5.20. The number of thiazole rings is 1. The second kappa shape index (κ2) is 8.00. The molecule has 8 heteroatoms. The smallest absolute Gasteiger partial charge is 0.233 e. The first-order valence-electron chi connectivity index (χ1n) is 8.41. The van der Waals surface area contributed by atoms with E-state index in [1.165, 1.54) is 0 Å². The molecular formula is C20H16ClN3O3S. The van der Waals surface area contributed by atoms with E-state index in [1.807, 2.05) is 47.8 Å². The molecule has 0 radical (unpaired) electrons. The Morgan fingerprint density at radius 3 is 2.46 bits per heavy atom. The lowest BCUT2D eigenvalue weighted by Crippen LogP contribution is -1.92. The largest absolute Gasteiger partial charge is 0.493 e. The van der Waals surface area contributed by atoms with Crippen LogP contribution in [0.4, 0.5) is 0 Å². The van der Waals surface area contributed by atoms with E-state index in [4.69, 9.17) is 25.6 Å². The fraction of sp³-hybridized carbons (Fsp3) is 0.150. The molecule has 4 rings (SSSR count). The number of rotatable bonds is 6. The van der Waals surface area contributed by atoms with Crippen LogP contribution in [0.25, 0.3) is 22.6 Å². The lowest BCUT2D eigenvalue weighted by atomic mass is 10.2. The zero-order valence-electron chi connectivity index (χ0n) is 15.2. The van der Waals surface area contributed by atoms with Gasteiger partial charge < -0.3 is 14.0 Å². The highest BCUT2D eigenvalue weighted by Gasteiger charge is 2.14. The highest BCUT2D eigenvalue weighted by molar-refractivity contribution is 7.10. The molecule has 0 aliphatic rings. The molecule has 0 atom stereocenters. The Morgan fingerprint density at radius 2 is 1.71 bits per heavy atom. The third kappa shape index (κ3) is 3.85. The van der Waals surface area contributed by atoms with Crippen molar-refractivity contribution >= 4 is 22.9 Å². The van der Waals surface area contributed by atoms with E-state index < -0.39 is 0 Å². The minimum absolute atomic E-state index is 0.471. The van der Waals surface area contributed by atoms with E-state index in [-0.39, 0.29) is 0 Å². The van der Waals surface area contributed by atoms with E-state index in [0.29, 0.717) is 34.7 Å². The molecule has 0 amide bonds. The number of nitrogens with zero attached hydrogens (tertiary/aromatic N) is 3. The minimum Gasteiger partial charge on any atom is -0.493 e. The Morgan fingerprint density at radius 1 is 0.964 bits per heavy atom. The highest BCUT2D eigenvalue weighted by atomic mass is 35.5. The van der Waals surface area contributed by atoms with Gasteiger partial charge in [0.25, 0.3) is 0 Å². The van der Waals surface area contributed by atoms with E-state index in [2.05, 4.69) is 15.1 Å². The Hall–Kier alpha value is -2.90. The molecule has 28 heavy (non-hydrogen) atoms. The number of hydrogen-bond acceptors (Lipinski definition) is 7. The summed E-state index contributed by atoms with van der Waals surface area (Å²) in [6.07, 6.45) is 0.471. The first-order chi connectivity index (χ1) is 13.7. The van der Waals surface area contributed by atoms with Crippen molar-refractivity contribution in [2.24, 2.45) is 0 Å². The van der Waals surface area contributed by atoms with Crippen LogP contribution in [0.15, 0.2) is 52.4 Å². The summed E-state index contributed by atoms with van der Waals surface area (Å²) in [6, 6.07) is 13.1.